The first-order valence-electron chi connectivity index (χ1n) is 7.49. The third-order valence-electron chi connectivity index (χ3n) is 3.16. The fourth-order valence-electron chi connectivity index (χ4n) is 1.87. The van der Waals surface area contributed by atoms with Crippen LogP contribution in [0.1, 0.15) is 40.2 Å². The third-order valence-corrected chi connectivity index (χ3v) is 3.16. The van der Waals surface area contributed by atoms with Gasteiger partial charge in [0.1, 0.15) is 6.61 Å². The van der Waals surface area contributed by atoms with Crippen LogP contribution in [0.2, 0.25) is 0 Å². The Kier molecular flexibility index (Phi) is 5.11. The van der Waals surface area contributed by atoms with Gasteiger partial charge in [-0.1, -0.05) is 13.8 Å². The van der Waals surface area contributed by atoms with Gasteiger partial charge in [-0.3, -0.25) is 10.1 Å². The van der Waals surface area contributed by atoms with Gasteiger partial charge in [0, 0.05) is 12.0 Å². The lowest BCUT2D eigenvalue weighted by Crippen LogP contribution is -2.20. The van der Waals surface area contributed by atoms with Crippen molar-refractivity contribution in [3.63, 3.8) is 0 Å². The molecule has 0 aliphatic rings. The Morgan fingerprint density at radius 2 is 2.13 bits per heavy atom. The summed E-state index contributed by atoms with van der Waals surface area (Å²) in [4.78, 5) is 24.8. The number of imidazole rings is 1. The molecule has 2 heterocycles. The van der Waals surface area contributed by atoms with E-state index in [1.807, 2.05) is 24.5 Å². The van der Waals surface area contributed by atoms with Crippen molar-refractivity contribution in [3.05, 3.63) is 6.33 Å². The van der Waals surface area contributed by atoms with E-state index in [1.165, 1.54) is 0 Å². The summed E-state index contributed by atoms with van der Waals surface area (Å²) in [7, 11) is 0. The molecule has 0 unspecified atom stereocenters. The van der Waals surface area contributed by atoms with Crippen molar-refractivity contribution in [2.24, 2.45) is 5.92 Å². The zero-order chi connectivity index (χ0) is 17.0. The number of fused-ring (bicyclic) bond motifs is 1. The van der Waals surface area contributed by atoms with Crippen LogP contribution >= 0.6 is 0 Å². The molecule has 2 rings (SSSR count). The number of nitrogens with one attached hydrogen (secondary N) is 1. The number of amides is 1. The standard InChI is InChI=1S/C15H20N6O2/c1-9(2)13(22)19-15-18-12-11(17-8-21(12)10(3)4)14(20-15)23-7-5-6-16/h8-10H,5,7H2,1-4H3,(H,18,19,20,22). The van der Waals surface area contributed by atoms with Gasteiger partial charge in [-0.2, -0.15) is 15.2 Å². The van der Waals surface area contributed by atoms with Gasteiger partial charge in [0.2, 0.25) is 17.7 Å². The maximum absolute atomic E-state index is 11.9. The number of rotatable bonds is 6. The molecule has 0 fully saturated rings. The second-order valence-electron chi connectivity index (χ2n) is 5.67. The predicted octanol–water partition coefficient (Wildman–Crippen LogP) is 2.29. The Hall–Kier alpha value is -2.69. The minimum absolute atomic E-state index is 0.149. The van der Waals surface area contributed by atoms with Gasteiger partial charge in [-0.25, -0.2) is 4.98 Å². The minimum Gasteiger partial charge on any atom is -0.475 e. The summed E-state index contributed by atoms with van der Waals surface area (Å²) >= 11 is 0. The van der Waals surface area contributed by atoms with Crippen molar-refractivity contribution >= 4 is 23.0 Å². The number of aromatic nitrogens is 4. The largest absolute Gasteiger partial charge is 0.475 e. The second kappa shape index (κ2) is 7.05. The average Bonchev–Trinajstić information content (AvgIpc) is 2.91. The molecule has 0 aromatic carbocycles. The van der Waals surface area contributed by atoms with Gasteiger partial charge in [0.05, 0.1) is 18.8 Å². The lowest BCUT2D eigenvalue weighted by Gasteiger charge is -2.11. The number of hydrogen-bond donors (Lipinski definition) is 1. The van der Waals surface area contributed by atoms with Crippen molar-refractivity contribution in [2.45, 2.75) is 40.2 Å². The fraction of sp³-hybridized carbons (Fsp3) is 0.533. The van der Waals surface area contributed by atoms with Crippen LogP contribution in [0.25, 0.3) is 11.2 Å². The van der Waals surface area contributed by atoms with E-state index in [2.05, 4.69) is 20.3 Å². The van der Waals surface area contributed by atoms with E-state index in [-0.39, 0.29) is 42.7 Å². The molecule has 0 aliphatic carbocycles. The van der Waals surface area contributed by atoms with Gasteiger partial charge in [0.25, 0.3) is 0 Å². The Labute approximate surface area is 134 Å². The highest BCUT2D eigenvalue weighted by molar-refractivity contribution is 5.91. The monoisotopic (exact) mass is 316 g/mol. The zero-order valence-electron chi connectivity index (χ0n) is 13.7. The lowest BCUT2D eigenvalue weighted by molar-refractivity contribution is -0.118. The Bertz CT molecular complexity index is 744. The van der Waals surface area contributed by atoms with Crippen LogP contribution in [0.3, 0.4) is 0 Å². The SMILES string of the molecule is CC(C)C(=O)Nc1nc(OCCC#N)c2ncn(C(C)C)c2n1. The Balaban J connectivity index is 2.45. The van der Waals surface area contributed by atoms with Gasteiger partial charge in [0.15, 0.2) is 11.2 Å². The molecule has 8 heteroatoms. The Morgan fingerprint density at radius 3 is 2.74 bits per heavy atom. The van der Waals surface area contributed by atoms with Crippen LogP contribution in [-0.4, -0.2) is 32.0 Å². The van der Waals surface area contributed by atoms with Crippen LogP contribution in [0.15, 0.2) is 6.33 Å². The van der Waals surface area contributed by atoms with Crippen molar-refractivity contribution in [3.8, 4) is 11.9 Å². The van der Waals surface area contributed by atoms with Crippen molar-refractivity contribution < 1.29 is 9.53 Å². The van der Waals surface area contributed by atoms with E-state index in [0.717, 1.165) is 0 Å². The first-order chi connectivity index (χ1) is 10.9. The molecule has 0 atom stereocenters. The number of nitrogens with zero attached hydrogens (tertiary/aromatic N) is 5. The number of carbonyl (C=O) groups is 1. The summed E-state index contributed by atoms with van der Waals surface area (Å²) < 4.78 is 7.41. The molecule has 0 bridgehead atoms. The molecule has 0 saturated carbocycles. The van der Waals surface area contributed by atoms with E-state index in [4.69, 9.17) is 10.00 Å². The topological polar surface area (TPSA) is 106 Å². The van der Waals surface area contributed by atoms with Crippen LogP contribution < -0.4 is 10.1 Å². The number of hydrogen-bond acceptors (Lipinski definition) is 6. The molecule has 2 aromatic heterocycles. The fourth-order valence-corrected chi connectivity index (χ4v) is 1.87. The van der Waals surface area contributed by atoms with Crippen LogP contribution in [0, 0.1) is 17.2 Å². The molecule has 2 aromatic rings. The van der Waals surface area contributed by atoms with E-state index in [1.54, 1.807) is 20.2 Å². The maximum Gasteiger partial charge on any atom is 0.247 e. The highest BCUT2D eigenvalue weighted by Gasteiger charge is 2.17. The number of carbonyl (C=O) groups excluding carboxylic acids is 1. The summed E-state index contributed by atoms with van der Waals surface area (Å²) in [5.41, 5.74) is 1.10. The summed E-state index contributed by atoms with van der Waals surface area (Å²) in [6.45, 7) is 7.79. The highest BCUT2D eigenvalue weighted by atomic mass is 16.5. The van der Waals surface area contributed by atoms with E-state index in [0.29, 0.717) is 11.2 Å². The van der Waals surface area contributed by atoms with Gasteiger partial charge < -0.3 is 9.30 Å². The molecule has 122 valence electrons. The molecule has 0 spiro atoms. The highest BCUT2D eigenvalue weighted by Crippen LogP contribution is 2.25. The maximum atomic E-state index is 11.9. The van der Waals surface area contributed by atoms with Crippen molar-refractivity contribution in [1.29, 1.82) is 5.26 Å². The first kappa shape index (κ1) is 16.7. The molecule has 23 heavy (non-hydrogen) atoms. The van der Waals surface area contributed by atoms with Crippen LogP contribution in [0.4, 0.5) is 5.95 Å². The Morgan fingerprint density at radius 1 is 1.39 bits per heavy atom. The number of anilines is 1. The minimum atomic E-state index is -0.188. The lowest BCUT2D eigenvalue weighted by atomic mass is 10.2. The molecule has 8 nitrogen and oxygen atoms in total. The van der Waals surface area contributed by atoms with Gasteiger partial charge in [-0.15, -0.1) is 0 Å². The number of nitriles is 1. The van der Waals surface area contributed by atoms with Crippen molar-refractivity contribution in [2.75, 3.05) is 11.9 Å². The molecule has 1 amide bonds. The molecule has 1 N–H and O–H groups in total. The first-order valence-corrected chi connectivity index (χ1v) is 7.49. The van der Waals surface area contributed by atoms with Gasteiger partial charge in [-0.05, 0) is 13.8 Å². The summed E-state index contributed by atoms with van der Waals surface area (Å²) in [5, 5.41) is 11.3. The predicted molar refractivity (Wildman–Crippen MR) is 84.9 cm³/mol. The molecule has 0 radical (unpaired) electrons. The van der Waals surface area contributed by atoms with Gasteiger partial charge >= 0.3 is 0 Å². The quantitative estimate of drug-likeness (QED) is 0.820. The second-order valence-corrected chi connectivity index (χ2v) is 5.67. The van der Waals surface area contributed by atoms with Crippen molar-refractivity contribution in [1.82, 2.24) is 19.5 Å². The molecule has 0 saturated heterocycles. The smallest absolute Gasteiger partial charge is 0.247 e. The van der Waals surface area contributed by atoms with E-state index < -0.39 is 0 Å². The molecular weight excluding hydrogens is 296 g/mol. The van der Waals surface area contributed by atoms with E-state index in [9.17, 15) is 4.79 Å². The van der Waals surface area contributed by atoms with Crippen LogP contribution in [-0.2, 0) is 4.79 Å². The average molecular weight is 316 g/mol. The van der Waals surface area contributed by atoms with Crippen LogP contribution in [0.5, 0.6) is 5.88 Å². The summed E-state index contributed by atoms with van der Waals surface area (Å²) in [6.07, 6.45) is 1.90. The molecule has 0 aliphatic heterocycles. The van der Waals surface area contributed by atoms with E-state index >= 15 is 0 Å². The third kappa shape index (κ3) is 3.74. The number of ether oxygens (including phenoxy) is 1. The summed E-state index contributed by atoms with van der Waals surface area (Å²) in [6, 6.07) is 2.16. The zero-order valence-corrected chi connectivity index (χ0v) is 13.7. The normalized spacial score (nSPS) is 11.0. The summed E-state index contributed by atoms with van der Waals surface area (Å²) in [5.74, 6) is 0.0736. The molecular formula is C15H20N6O2.